The van der Waals surface area contributed by atoms with E-state index >= 15 is 0 Å². The van der Waals surface area contributed by atoms with Crippen molar-refractivity contribution in [2.45, 2.75) is 13.8 Å². The molecule has 104 valence electrons. The number of hydrogen-bond donors (Lipinski definition) is 0. The molecule has 0 spiro atoms. The van der Waals surface area contributed by atoms with Gasteiger partial charge in [0.05, 0.1) is 25.6 Å². The number of azo groups is 1. The normalized spacial score (nSPS) is 10.8. The van der Waals surface area contributed by atoms with Gasteiger partial charge in [-0.2, -0.15) is 10.2 Å². The summed E-state index contributed by atoms with van der Waals surface area (Å²) in [7, 11) is 3.29. The van der Waals surface area contributed by atoms with Crippen LogP contribution in [0.1, 0.15) is 11.1 Å². The summed E-state index contributed by atoms with van der Waals surface area (Å²) in [6, 6.07) is 11.5. The zero-order valence-corrected chi connectivity index (χ0v) is 12.2. The summed E-state index contributed by atoms with van der Waals surface area (Å²) in [6.45, 7) is 3.98. The maximum absolute atomic E-state index is 5.27. The van der Waals surface area contributed by atoms with Crippen molar-refractivity contribution in [2.75, 3.05) is 14.2 Å². The van der Waals surface area contributed by atoms with E-state index < -0.39 is 0 Å². The molecule has 4 heteroatoms. The molecule has 0 aromatic heterocycles. The molecule has 2 aromatic carbocycles. The van der Waals surface area contributed by atoms with Crippen LogP contribution in [-0.2, 0) is 0 Å². The average molecular weight is 270 g/mol. The van der Waals surface area contributed by atoms with Crippen LogP contribution >= 0.6 is 0 Å². The Labute approximate surface area is 119 Å². The molecule has 0 saturated heterocycles. The molecule has 0 bridgehead atoms. The van der Waals surface area contributed by atoms with Crippen LogP contribution < -0.4 is 9.47 Å². The predicted octanol–water partition coefficient (Wildman–Crippen LogP) is 4.74. The molecule has 20 heavy (non-hydrogen) atoms. The van der Waals surface area contributed by atoms with Gasteiger partial charge in [-0.05, 0) is 37.1 Å². The van der Waals surface area contributed by atoms with Crippen LogP contribution in [0, 0.1) is 13.8 Å². The molecular formula is C16H18N2O2. The number of benzene rings is 2. The van der Waals surface area contributed by atoms with E-state index in [2.05, 4.69) is 10.2 Å². The highest BCUT2D eigenvalue weighted by Crippen LogP contribution is 2.28. The Kier molecular flexibility index (Phi) is 4.35. The molecule has 0 radical (unpaired) electrons. The number of rotatable bonds is 4. The summed E-state index contributed by atoms with van der Waals surface area (Å²) >= 11 is 0. The van der Waals surface area contributed by atoms with Gasteiger partial charge in [-0.3, -0.25) is 0 Å². The maximum Gasteiger partial charge on any atom is 0.123 e. The number of methoxy groups -OCH3 is 2. The summed E-state index contributed by atoms with van der Waals surface area (Å²) in [5, 5.41) is 8.44. The van der Waals surface area contributed by atoms with E-state index in [1.807, 2.05) is 50.2 Å². The Bertz CT molecular complexity index is 581. The zero-order chi connectivity index (χ0) is 14.5. The molecule has 0 heterocycles. The number of ether oxygens (including phenoxy) is 2. The van der Waals surface area contributed by atoms with Crippen molar-refractivity contribution in [1.29, 1.82) is 0 Å². The van der Waals surface area contributed by atoms with Crippen LogP contribution in [0.25, 0.3) is 0 Å². The number of nitrogens with zero attached hydrogens (tertiary/aromatic N) is 2. The minimum absolute atomic E-state index is 0.756. The van der Waals surface area contributed by atoms with E-state index in [1.54, 1.807) is 14.2 Å². The second kappa shape index (κ2) is 6.19. The van der Waals surface area contributed by atoms with Crippen molar-refractivity contribution in [3.05, 3.63) is 47.5 Å². The first kappa shape index (κ1) is 14.1. The van der Waals surface area contributed by atoms with Gasteiger partial charge in [0, 0.05) is 12.1 Å². The monoisotopic (exact) mass is 270 g/mol. The average Bonchev–Trinajstić information content (AvgIpc) is 2.47. The van der Waals surface area contributed by atoms with E-state index in [0.717, 1.165) is 34.0 Å². The van der Waals surface area contributed by atoms with E-state index in [4.69, 9.17) is 9.47 Å². The van der Waals surface area contributed by atoms with Crippen molar-refractivity contribution in [1.82, 2.24) is 0 Å². The molecule has 0 atom stereocenters. The van der Waals surface area contributed by atoms with E-state index in [9.17, 15) is 0 Å². The van der Waals surface area contributed by atoms with Crippen molar-refractivity contribution >= 4 is 11.4 Å². The Morgan fingerprint density at radius 2 is 1.10 bits per heavy atom. The number of aryl methyl sites for hydroxylation is 2. The zero-order valence-electron chi connectivity index (χ0n) is 12.2. The lowest BCUT2D eigenvalue weighted by Crippen LogP contribution is -1.86. The SMILES string of the molecule is COc1cc(N=Nc2ccc(C)c(OC)c2)ccc1C. The topological polar surface area (TPSA) is 43.2 Å². The molecule has 0 aliphatic rings. The van der Waals surface area contributed by atoms with Gasteiger partial charge >= 0.3 is 0 Å². The van der Waals surface area contributed by atoms with Gasteiger partial charge in [-0.25, -0.2) is 0 Å². The highest BCUT2D eigenvalue weighted by molar-refractivity contribution is 5.50. The van der Waals surface area contributed by atoms with E-state index in [1.165, 1.54) is 0 Å². The van der Waals surface area contributed by atoms with Gasteiger partial charge in [0.1, 0.15) is 11.5 Å². The van der Waals surface area contributed by atoms with E-state index in [-0.39, 0.29) is 0 Å². The molecule has 2 rings (SSSR count). The lowest BCUT2D eigenvalue weighted by molar-refractivity contribution is 0.411. The summed E-state index contributed by atoms with van der Waals surface area (Å²) in [4.78, 5) is 0. The standard InChI is InChI=1S/C16H18N2O2/c1-11-5-7-13(9-15(11)19-3)17-18-14-8-6-12(2)16(10-14)20-4/h5-10H,1-4H3. The third-order valence-electron chi connectivity index (χ3n) is 3.06. The van der Waals surface area contributed by atoms with Crippen molar-refractivity contribution in [2.24, 2.45) is 10.2 Å². The third kappa shape index (κ3) is 3.15. The first-order valence-electron chi connectivity index (χ1n) is 6.35. The van der Waals surface area contributed by atoms with Gasteiger partial charge in [-0.1, -0.05) is 12.1 Å². The van der Waals surface area contributed by atoms with Crippen LogP contribution in [0.15, 0.2) is 46.6 Å². The van der Waals surface area contributed by atoms with Gasteiger partial charge in [0.25, 0.3) is 0 Å². The Balaban J connectivity index is 2.25. The third-order valence-corrected chi connectivity index (χ3v) is 3.06. The van der Waals surface area contributed by atoms with E-state index in [0.29, 0.717) is 0 Å². The molecule has 0 amide bonds. The Morgan fingerprint density at radius 3 is 1.45 bits per heavy atom. The smallest absolute Gasteiger partial charge is 0.123 e. The second-order valence-electron chi connectivity index (χ2n) is 4.51. The molecule has 0 saturated carbocycles. The summed E-state index contributed by atoms with van der Waals surface area (Å²) in [5.74, 6) is 1.62. The summed E-state index contributed by atoms with van der Waals surface area (Å²) < 4.78 is 10.5. The molecule has 0 fully saturated rings. The van der Waals surface area contributed by atoms with Crippen LogP contribution in [-0.4, -0.2) is 14.2 Å². The molecule has 0 unspecified atom stereocenters. The minimum Gasteiger partial charge on any atom is -0.496 e. The van der Waals surface area contributed by atoms with Crippen LogP contribution in [0.4, 0.5) is 11.4 Å². The van der Waals surface area contributed by atoms with Crippen molar-refractivity contribution in [3.63, 3.8) is 0 Å². The Hall–Kier alpha value is -2.36. The molecule has 4 nitrogen and oxygen atoms in total. The van der Waals surface area contributed by atoms with Gasteiger partial charge in [0.15, 0.2) is 0 Å². The molecule has 0 aliphatic heterocycles. The fourth-order valence-corrected chi connectivity index (χ4v) is 1.86. The second-order valence-corrected chi connectivity index (χ2v) is 4.51. The number of hydrogen-bond acceptors (Lipinski definition) is 4. The van der Waals surface area contributed by atoms with Gasteiger partial charge in [0.2, 0.25) is 0 Å². The molecule has 0 aliphatic carbocycles. The first-order valence-corrected chi connectivity index (χ1v) is 6.35. The highest BCUT2D eigenvalue weighted by Gasteiger charge is 2.01. The largest absolute Gasteiger partial charge is 0.496 e. The highest BCUT2D eigenvalue weighted by atomic mass is 16.5. The lowest BCUT2D eigenvalue weighted by atomic mass is 10.2. The van der Waals surface area contributed by atoms with Crippen LogP contribution in [0.2, 0.25) is 0 Å². The fraction of sp³-hybridized carbons (Fsp3) is 0.250. The first-order chi connectivity index (χ1) is 9.63. The van der Waals surface area contributed by atoms with Gasteiger partial charge in [-0.15, -0.1) is 0 Å². The lowest BCUT2D eigenvalue weighted by Gasteiger charge is -2.05. The predicted molar refractivity (Wildman–Crippen MR) is 79.6 cm³/mol. The fourth-order valence-electron chi connectivity index (χ4n) is 1.86. The maximum atomic E-state index is 5.27. The molecule has 0 N–H and O–H groups in total. The van der Waals surface area contributed by atoms with Crippen LogP contribution in [0.3, 0.4) is 0 Å². The van der Waals surface area contributed by atoms with Gasteiger partial charge < -0.3 is 9.47 Å². The van der Waals surface area contributed by atoms with Crippen molar-refractivity contribution < 1.29 is 9.47 Å². The Morgan fingerprint density at radius 1 is 0.700 bits per heavy atom. The summed E-state index contributed by atoms with van der Waals surface area (Å²) in [6.07, 6.45) is 0. The molecule has 2 aromatic rings. The minimum atomic E-state index is 0.756. The van der Waals surface area contributed by atoms with Crippen LogP contribution in [0.5, 0.6) is 11.5 Å². The molecular weight excluding hydrogens is 252 g/mol. The summed E-state index contributed by atoms with van der Waals surface area (Å²) in [5.41, 5.74) is 3.66. The van der Waals surface area contributed by atoms with Crippen molar-refractivity contribution in [3.8, 4) is 11.5 Å². The quantitative estimate of drug-likeness (QED) is 0.753.